The van der Waals surface area contributed by atoms with E-state index in [9.17, 15) is 4.39 Å². The quantitative estimate of drug-likeness (QED) is 0.847. The molecular formula is C18H17ClFNO. The van der Waals surface area contributed by atoms with Gasteiger partial charge in [0, 0.05) is 11.6 Å². The second-order valence-corrected chi connectivity index (χ2v) is 5.76. The zero-order valence-corrected chi connectivity index (χ0v) is 12.8. The Hall–Kier alpha value is -1.84. The minimum Gasteiger partial charge on any atom is -0.472 e. The normalized spacial score (nSPS) is 17.9. The Labute approximate surface area is 134 Å². The van der Waals surface area contributed by atoms with E-state index in [1.165, 1.54) is 23.3 Å². The smallest absolute Gasteiger partial charge is 0.169 e. The van der Waals surface area contributed by atoms with Crippen LogP contribution in [0.3, 0.4) is 0 Å². The fraction of sp³-hybridized carbons (Fsp3) is 0.222. The lowest BCUT2D eigenvalue weighted by atomic mass is 10.00. The zero-order valence-electron chi connectivity index (χ0n) is 12.1. The Kier molecular flexibility index (Phi) is 4.76. The molecule has 1 aliphatic rings. The summed E-state index contributed by atoms with van der Waals surface area (Å²) in [6, 6.07) is 14.0. The molecule has 3 rings (SSSR count). The van der Waals surface area contributed by atoms with Gasteiger partial charge in [-0.1, -0.05) is 29.3 Å². The van der Waals surface area contributed by atoms with E-state index >= 15 is 0 Å². The number of benzene rings is 2. The lowest BCUT2D eigenvalue weighted by Crippen LogP contribution is -2.37. The molecule has 0 fully saturated rings. The van der Waals surface area contributed by atoms with Crippen molar-refractivity contribution in [1.82, 2.24) is 5.32 Å². The Bertz CT molecular complexity index is 652. The second kappa shape index (κ2) is 6.95. The van der Waals surface area contributed by atoms with Gasteiger partial charge in [-0.3, -0.25) is 5.32 Å². The first-order valence-corrected chi connectivity index (χ1v) is 7.66. The van der Waals surface area contributed by atoms with Gasteiger partial charge in [0.05, 0.1) is 0 Å². The molecule has 0 saturated carbocycles. The fourth-order valence-corrected chi connectivity index (χ4v) is 2.60. The van der Waals surface area contributed by atoms with Gasteiger partial charge in [0.15, 0.2) is 6.23 Å². The first-order valence-electron chi connectivity index (χ1n) is 7.29. The summed E-state index contributed by atoms with van der Waals surface area (Å²) >= 11 is 5.91. The molecule has 114 valence electrons. The van der Waals surface area contributed by atoms with Crippen molar-refractivity contribution >= 4 is 11.6 Å². The number of ether oxygens (including phenoxy) is 1. The third kappa shape index (κ3) is 4.09. The third-order valence-corrected chi connectivity index (χ3v) is 3.85. The molecule has 0 bridgehead atoms. The standard InChI is InChI=1S/C18H17ClFNO/c19-15-3-1-13(2-4-15)11-14-9-10-21-18(12-14)22-17-7-5-16(20)6-8-17/h1-8,12,18,21H,9-11H2. The third-order valence-electron chi connectivity index (χ3n) is 3.60. The number of halogens is 2. The van der Waals surface area contributed by atoms with Crippen LogP contribution in [0.5, 0.6) is 5.75 Å². The average Bonchev–Trinajstić information content (AvgIpc) is 2.52. The number of hydrogen-bond acceptors (Lipinski definition) is 2. The maximum Gasteiger partial charge on any atom is 0.169 e. The number of rotatable bonds is 4. The number of hydrogen-bond donors (Lipinski definition) is 1. The highest BCUT2D eigenvalue weighted by molar-refractivity contribution is 6.30. The second-order valence-electron chi connectivity index (χ2n) is 5.32. The molecule has 1 unspecified atom stereocenters. The maximum absolute atomic E-state index is 12.9. The van der Waals surface area contributed by atoms with E-state index in [4.69, 9.17) is 16.3 Å². The summed E-state index contributed by atoms with van der Waals surface area (Å²) in [5.74, 6) is 0.394. The van der Waals surface area contributed by atoms with Crippen LogP contribution in [0.15, 0.2) is 60.2 Å². The van der Waals surface area contributed by atoms with Gasteiger partial charge in [-0.15, -0.1) is 0 Å². The van der Waals surface area contributed by atoms with E-state index in [-0.39, 0.29) is 12.0 Å². The largest absolute Gasteiger partial charge is 0.472 e. The summed E-state index contributed by atoms with van der Waals surface area (Å²) in [5, 5.41) is 4.04. The highest BCUT2D eigenvalue weighted by Crippen LogP contribution is 2.19. The summed E-state index contributed by atoms with van der Waals surface area (Å²) < 4.78 is 18.7. The van der Waals surface area contributed by atoms with Gasteiger partial charge in [-0.2, -0.15) is 0 Å². The van der Waals surface area contributed by atoms with Crippen molar-refractivity contribution in [3.8, 4) is 5.75 Å². The van der Waals surface area contributed by atoms with Gasteiger partial charge in [-0.05, 0) is 60.9 Å². The summed E-state index contributed by atoms with van der Waals surface area (Å²) in [7, 11) is 0. The first-order chi connectivity index (χ1) is 10.7. The molecule has 1 heterocycles. The monoisotopic (exact) mass is 317 g/mol. The van der Waals surface area contributed by atoms with Crippen molar-refractivity contribution in [3.05, 3.63) is 76.6 Å². The van der Waals surface area contributed by atoms with Crippen molar-refractivity contribution < 1.29 is 9.13 Å². The van der Waals surface area contributed by atoms with E-state index in [0.717, 1.165) is 24.4 Å². The van der Waals surface area contributed by atoms with Crippen LogP contribution in [-0.4, -0.2) is 12.8 Å². The minimum absolute atomic E-state index is 0.179. The van der Waals surface area contributed by atoms with Crippen LogP contribution in [0.1, 0.15) is 12.0 Å². The van der Waals surface area contributed by atoms with Crippen LogP contribution < -0.4 is 10.1 Å². The van der Waals surface area contributed by atoms with Crippen molar-refractivity contribution in [2.24, 2.45) is 0 Å². The predicted octanol–water partition coefficient (Wildman–Crippen LogP) is 4.35. The van der Waals surface area contributed by atoms with Crippen LogP contribution in [0.2, 0.25) is 5.02 Å². The SMILES string of the molecule is Fc1ccc(OC2C=C(Cc3ccc(Cl)cc3)CCN2)cc1. The van der Waals surface area contributed by atoms with E-state index in [2.05, 4.69) is 11.4 Å². The summed E-state index contributed by atoms with van der Waals surface area (Å²) in [5.41, 5.74) is 2.56. The Balaban J connectivity index is 1.66. The van der Waals surface area contributed by atoms with E-state index in [0.29, 0.717) is 5.75 Å². The van der Waals surface area contributed by atoms with Crippen molar-refractivity contribution in [1.29, 1.82) is 0 Å². The molecule has 0 amide bonds. The van der Waals surface area contributed by atoms with Crippen LogP contribution in [0, 0.1) is 5.82 Å². The summed E-state index contributed by atoms with van der Waals surface area (Å²) in [4.78, 5) is 0. The molecule has 2 aromatic carbocycles. The van der Waals surface area contributed by atoms with Crippen LogP contribution >= 0.6 is 11.6 Å². The van der Waals surface area contributed by atoms with Crippen molar-refractivity contribution in [2.75, 3.05) is 6.54 Å². The topological polar surface area (TPSA) is 21.3 Å². The lowest BCUT2D eigenvalue weighted by molar-refractivity contribution is 0.203. The van der Waals surface area contributed by atoms with Gasteiger partial charge in [0.25, 0.3) is 0 Å². The van der Waals surface area contributed by atoms with E-state index in [1.807, 2.05) is 24.3 Å². The van der Waals surface area contributed by atoms with Crippen molar-refractivity contribution in [2.45, 2.75) is 19.1 Å². The summed E-state index contributed by atoms with van der Waals surface area (Å²) in [6.07, 6.45) is 3.80. The molecule has 2 aromatic rings. The molecule has 0 aliphatic carbocycles. The molecule has 22 heavy (non-hydrogen) atoms. The van der Waals surface area contributed by atoms with Crippen LogP contribution in [0.25, 0.3) is 0 Å². The highest BCUT2D eigenvalue weighted by Gasteiger charge is 2.14. The molecule has 1 aliphatic heterocycles. The van der Waals surface area contributed by atoms with Gasteiger partial charge in [-0.25, -0.2) is 4.39 Å². The van der Waals surface area contributed by atoms with Crippen molar-refractivity contribution in [3.63, 3.8) is 0 Å². The molecule has 0 saturated heterocycles. The van der Waals surface area contributed by atoms with Crippen LogP contribution in [-0.2, 0) is 6.42 Å². The highest BCUT2D eigenvalue weighted by atomic mass is 35.5. The van der Waals surface area contributed by atoms with Crippen LogP contribution in [0.4, 0.5) is 4.39 Å². The molecule has 0 aromatic heterocycles. The Morgan fingerprint density at radius 1 is 1.09 bits per heavy atom. The number of nitrogens with one attached hydrogen (secondary N) is 1. The average molecular weight is 318 g/mol. The Morgan fingerprint density at radius 3 is 2.55 bits per heavy atom. The molecule has 1 N–H and O–H groups in total. The molecule has 1 atom stereocenters. The lowest BCUT2D eigenvalue weighted by Gasteiger charge is -2.24. The fourth-order valence-electron chi connectivity index (χ4n) is 2.48. The zero-order chi connectivity index (χ0) is 15.4. The summed E-state index contributed by atoms with van der Waals surface area (Å²) in [6.45, 7) is 0.866. The Morgan fingerprint density at radius 2 is 1.82 bits per heavy atom. The maximum atomic E-state index is 12.9. The van der Waals surface area contributed by atoms with E-state index in [1.54, 1.807) is 12.1 Å². The van der Waals surface area contributed by atoms with Gasteiger partial charge in [0.2, 0.25) is 0 Å². The molecular weight excluding hydrogens is 301 g/mol. The molecule has 4 heteroatoms. The predicted molar refractivity (Wildman–Crippen MR) is 86.7 cm³/mol. The first kappa shape index (κ1) is 15.1. The van der Waals surface area contributed by atoms with Gasteiger partial charge < -0.3 is 4.74 Å². The van der Waals surface area contributed by atoms with E-state index < -0.39 is 0 Å². The van der Waals surface area contributed by atoms with Gasteiger partial charge >= 0.3 is 0 Å². The molecule has 0 spiro atoms. The molecule has 2 nitrogen and oxygen atoms in total. The molecule has 0 radical (unpaired) electrons. The minimum atomic E-state index is -0.261. The van der Waals surface area contributed by atoms with Gasteiger partial charge in [0.1, 0.15) is 11.6 Å².